The Balaban J connectivity index is 2.97. The fourth-order valence-electron chi connectivity index (χ4n) is 0.887. The van der Waals surface area contributed by atoms with Crippen molar-refractivity contribution in [3.05, 3.63) is 30.3 Å². The van der Waals surface area contributed by atoms with Gasteiger partial charge >= 0.3 is 0 Å². The third-order valence-electron chi connectivity index (χ3n) is 1.58. The molecule has 0 aromatic heterocycles. The predicted octanol–water partition coefficient (Wildman–Crippen LogP) is 2.03. The van der Waals surface area contributed by atoms with E-state index in [1.54, 1.807) is 0 Å². The van der Waals surface area contributed by atoms with Crippen LogP contribution in [0.1, 0.15) is 0 Å². The van der Waals surface area contributed by atoms with E-state index in [4.69, 9.17) is 0 Å². The van der Waals surface area contributed by atoms with Crippen LogP contribution >= 0.6 is 0 Å². The molecule has 0 fully saturated rings. The fourth-order valence-corrected chi connectivity index (χ4v) is 2.05. The van der Waals surface area contributed by atoms with Crippen molar-refractivity contribution in [1.82, 2.24) is 0 Å². The predicted molar refractivity (Wildman–Crippen MR) is 48.3 cm³/mol. The molecule has 10 heavy (non-hydrogen) atoms. The van der Waals surface area contributed by atoms with Crippen LogP contribution < -0.4 is 5.19 Å². The molecule has 0 heterocycles. The van der Waals surface area contributed by atoms with Gasteiger partial charge in [0.05, 0.1) is 8.07 Å². The van der Waals surface area contributed by atoms with Crippen molar-refractivity contribution in [3.63, 3.8) is 0 Å². The molecule has 0 saturated heterocycles. The lowest BCUT2D eigenvalue weighted by molar-refractivity contribution is 1.67. The zero-order valence-electron chi connectivity index (χ0n) is 6.81. The number of hydrogen-bond donors (Lipinski definition) is 0. The SMILES string of the molecule is C[Si](C)(C)c1cc[c]cc1. The minimum Gasteiger partial charge on any atom is -0.0656 e. The van der Waals surface area contributed by atoms with Gasteiger partial charge in [-0.05, 0) is 6.07 Å². The van der Waals surface area contributed by atoms with Crippen molar-refractivity contribution in [2.45, 2.75) is 19.6 Å². The van der Waals surface area contributed by atoms with E-state index < -0.39 is 8.07 Å². The Morgan fingerprint density at radius 1 is 1.10 bits per heavy atom. The molecular weight excluding hydrogens is 136 g/mol. The van der Waals surface area contributed by atoms with Crippen molar-refractivity contribution in [3.8, 4) is 0 Å². The van der Waals surface area contributed by atoms with Crippen molar-refractivity contribution >= 4 is 13.3 Å². The maximum Gasteiger partial charge on any atom is 0.0775 e. The highest BCUT2D eigenvalue weighted by Gasteiger charge is 2.14. The maximum absolute atomic E-state index is 3.03. The third kappa shape index (κ3) is 1.71. The van der Waals surface area contributed by atoms with E-state index in [1.165, 1.54) is 5.19 Å². The van der Waals surface area contributed by atoms with Gasteiger partial charge in [0.15, 0.2) is 0 Å². The maximum atomic E-state index is 3.03. The highest BCUT2D eigenvalue weighted by Crippen LogP contribution is 2.00. The molecule has 53 valence electrons. The van der Waals surface area contributed by atoms with E-state index in [0.717, 1.165) is 0 Å². The van der Waals surface area contributed by atoms with Gasteiger partial charge in [-0.2, -0.15) is 0 Å². The van der Waals surface area contributed by atoms with E-state index in [1.807, 2.05) is 12.1 Å². The lowest BCUT2D eigenvalue weighted by Crippen LogP contribution is -2.37. The van der Waals surface area contributed by atoms with Crippen LogP contribution in [0.3, 0.4) is 0 Å². The summed E-state index contributed by atoms with van der Waals surface area (Å²) in [7, 11) is -1.05. The average Bonchev–Trinajstić information content (AvgIpc) is 1.88. The zero-order valence-corrected chi connectivity index (χ0v) is 7.81. The molecule has 0 amide bonds. The summed E-state index contributed by atoms with van der Waals surface area (Å²) in [6.45, 7) is 7.05. The van der Waals surface area contributed by atoms with E-state index >= 15 is 0 Å². The molecule has 0 spiro atoms. The minimum atomic E-state index is -1.05. The molecule has 0 N–H and O–H groups in total. The Bertz CT molecular complexity index is 196. The second kappa shape index (κ2) is 2.58. The lowest BCUT2D eigenvalue weighted by Gasteiger charge is -2.15. The van der Waals surface area contributed by atoms with Crippen molar-refractivity contribution in [2.24, 2.45) is 0 Å². The van der Waals surface area contributed by atoms with Crippen LogP contribution in [0.5, 0.6) is 0 Å². The Morgan fingerprint density at radius 2 is 1.60 bits per heavy atom. The first kappa shape index (κ1) is 7.54. The summed E-state index contributed by atoms with van der Waals surface area (Å²) in [5.41, 5.74) is 0. The summed E-state index contributed by atoms with van der Waals surface area (Å²) >= 11 is 0. The summed E-state index contributed by atoms with van der Waals surface area (Å²) in [5.74, 6) is 0. The van der Waals surface area contributed by atoms with Crippen molar-refractivity contribution < 1.29 is 0 Å². The van der Waals surface area contributed by atoms with Gasteiger partial charge in [-0.15, -0.1) is 0 Å². The van der Waals surface area contributed by atoms with Crippen LogP contribution in [-0.2, 0) is 0 Å². The zero-order chi connectivity index (χ0) is 7.61. The topological polar surface area (TPSA) is 0 Å². The number of benzene rings is 1. The molecule has 1 aromatic rings. The minimum absolute atomic E-state index is 1.05. The largest absolute Gasteiger partial charge is 0.0775 e. The highest BCUT2D eigenvalue weighted by molar-refractivity contribution is 6.88. The molecule has 0 unspecified atom stereocenters. The molecule has 0 aliphatic heterocycles. The van der Waals surface area contributed by atoms with E-state index in [-0.39, 0.29) is 0 Å². The van der Waals surface area contributed by atoms with Crippen LogP contribution in [0, 0.1) is 6.07 Å². The van der Waals surface area contributed by atoms with Crippen molar-refractivity contribution in [1.29, 1.82) is 0 Å². The summed E-state index contributed by atoms with van der Waals surface area (Å²) < 4.78 is 0. The summed E-state index contributed by atoms with van der Waals surface area (Å²) in [4.78, 5) is 0. The smallest absolute Gasteiger partial charge is 0.0656 e. The van der Waals surface area contributed by atoms with Gasteiger partial charge < -0.3 is 0 Å². The Labute approximate surface area is 63.9 Å². The fraction of sp³-hybridized carbons (Fsp3) is 0.333. The first-order chi connectivity index (χ1) is 4.61. The molecule has 0 aliphatic rings. The molecule has 0 bridgehead atoms. The van der Waals surface area contributed by atoms with Gasteiger partial charge in [-0.3, -0.25) is 0 Å². The summed E-state index contributed by atoms with van der Waals surface area (Å²) in [6, 6.07) is 11.4. The normalized spacial score (nSPS) is 11.5. The highest BCUT2D eigenvalue weighted by atomic mass is 28.3. The molecule has 1 heteroatoms. The summed E-state index contributed by atoms with van der Waals surface area (Å²) in [6.07, 6.45) is 0. The van der Waals surface area contributed by atoms with E-state index in [0.29, 0.717) is 0 Å². The third-order valence-corrected chi connectivity index (χ3v) is 3.65. The standard InChI is InChI=1S/C9H13Si/c1-10(2,3)9-7-5-4-6-8-9/h5-8H,1-3H3. The lowest BCUT2D eigenvalue weighted by atomic mass is 10.4. The Hall–Kier alpha value is -0.563. The molecule has 0 saturated carbocycles. The first-order valence-corrected chi connectivity index (χ1v) is 7.07. The van der Waals surface area contributed by atoms with Crippen LogP contribution in [-0.4, -0.2) is 8.07 Å². The molecule has 0 nitrogen and oxygen atoms in total. The monoisotopic (exact) mass is 149 g/mol. The Morgan fingerprint density at radius 3 is 1.90 bits per heavy atom. The quantitative estimate of drug-likeness (QED) is 0.536. The van der Waals surface area contributed by atoms with Crippen LogP contribution in [0.15, 0.2) is 24.3 Å². The molecule has 1 aromatic carbocycles. The van der Waals surface area contributed by atoms with Gasteiger partial charge in [0.2, 0.25) is 0 Å². The molecule has 0 aliphatic carbocycles. The molecule has 0 atom stereocenters. The first-order valence-electron chi connectivity index (χ1n) is 3.57. The van der Waals surface area contributed by atoms with Crippen LogP contribution in [0.25, 0.3) is 0 Å². The average molecular weight is 149 g/mol. The second-order valence-corrected chi connectivity index (χ2v) is 8.62. The van der Waals surface area contributed by atoms with E-state index in [9.17, 15) is 0 Å². The molecule has 1 radical (unpaired) electrons. The molecular formula is C9H13Si. The van der Waals surface area contributed by atoms with Crippen molar-refractivity contribution in [2.75, 3.05) is 0 Å². The second-order valence-electron chi connectivity index (χ2n) is 3.54. The van der Waals surface area contributed by atoms with Crippen LogP contribution in [0.4, 0.5) is 0 Å². The summed E-state index contributed by atoms with van der Waals surface area (Å²) in [5, 5.41) is 1.51. The van der Waals surface area contributed by atoms with Crippen LogP contribution in [0.2, 0.25) is 19.6 Å². The number of rotatable bonds is 1. The van der Waals surface area contributed by atoms with Gasteiger partial charge in [0.25, 0.3) is 0 Å². The van der Waals surface area contributed by atoms with Gasteiger partial charge in [0.1, 0.15) is 0 Å². The van der Waals surface area contributed by atoms with Gasteiger partial charge in [-0.25, -0.2) is 0 Å². The molecule has 1 rings (SSSR count). The van der Waals surface area contributed by atoms with Gasteiger partial charge in [-0.1, -0.05) is 49.1 Å². The van der Waals surface area contributed by atoms with Gasteiger partial charge in [0, 0.05) is 0 Å². The number of hydrogen-bond acceptors (Lipinski definition) is 0. The Kier molecular flexibility index (Phi) is 1.95. The van der Waals surface area contributed by atoms with E-state index in [2.05, 4.69) is 37.8 Å².